The van der Waals surface area contributed by atoms with Gasteiger partial charge >= 0.3 is 0 Å². The zero-order valence-corrected chi connectivity index (χ0v) is 14.1. The molecule has 0 amide bonds. The fourth-order valence-corrected chi connectivity index (χ4v) is 4.21. The summed E-state index contributed by atoms with van der Waals surface area (Å²) in [6, 6.07) is 30.2. The van der Waals surface area contributed by atoms with E-state index < -0.39 is 0 Å². The molecule has 0 heterocycles. The van der Waals surface area contributed by atoms with E-state index in [1.807, 2.05) is 0 Å². The molecule has 0 aliphatic heterocycles. The van der Waals surface area contributed by atoms with E-state index in [0.29, 0.717) is 0 Å². The van der Waals surface area contributed by atoms with Crippen LogP contribution >= 0.6 is 0 Å². The highest BCUT2D eigenvalue weighted by Gasteiger charge is 2.33. The molecule has 0 saturated heterocycles. The van der Waals surface area contributed by atoms with Crippen LogP contribution < -0.4 is 4.74 Å². The monoisotopic (exact) mass is 322 g/mol. The van der Waals surface area contributed by atoms with E-state index in [2.05, 4.69) is 84.9 Å². The van der Waals surface area contributed by atoms with Gasteiger partial charge in [0.2, 0.25) is 0 Å². The van der Waals surface area contributed by atoms with Crippen molar-refractivity contribution in [3.8, 4) is 16.9 Å². The first-order valence-electron chi connectivity index (χ1n) is 8.62. The maximum absolute atomic E-state index is 5.85. The molecule has 1 nitrogen and oxygen atoms in total. The Morgan fingerprint density at radius 3 is 2.32 bits per heavy atom. The largest absolute Gasteiger partial charge is 0.496 e. The molecule has 0 radical (unpaired) electrons. The van der Waals surface area contributed by atoms with Gasteiger partial charge in [0.05, 0.1) is 7.11 Å². The summed E-state index contributed by atoms with van der Waals surface area (Å²) in [4.78, 5) is 0. The Labute approximate surface area is 147 Å². The predicted octanol–water partition coefficient (Wildman–Crippen LogP) is 6.01. The van der Waals surface area contributed by atoms with Crippen LogP contribution in [0.5, 0.6) is 5.75 Å². The first-order valence-corrected chi connectivity index (χ1v) is 8.62. The molecule has 0 N–H and O–H groups in total. The highest BCUT2D eigenvalue weighted by Crippen LogP contribution is 2.54. The SMILES string of the molecule is COc1cc2ccccc2c2c1C(c1ccccc1)c1ccccc1-2. The van der Waals surface area contributed by atoms with Gasteiger partial charge in [-0.2, -0.15) is 0 Å². The second-order valence-corrected chi connectivity index (χ2v) is 6.52. The maximum Gasteiger partial charge on any atom is 0.124 e. The van der Waals surface area contributed by atoms with Gasteiger partial charge in [0, 0.05) is 11.5 Å². The second kappa shape index (κ2) is 5.49. The molecule has 1 unspecified atom stereocenters. The van der Waals surface area contributed by atoms with Crippen LogP contribution in [0, 0.1) is 0 Å². The summed E-state index contributed by atoms with van der Waals surface area (Å²) >= 11 is 0. The topological polar surface area (TPSA) is 9.23 Å². The number of fused-ring (bicyclic) bond motifs is 5. The molecule has 5 rings (SSSR count). The molecule has 1 heteroatoms. The fourth-order valence-electron chi connectivity index (χ4n) is 4.21. The minimum Gasteiger partial charge on any atom is -0.496 e. The molecule has 0 bridgehead atoms. The summed E-state index contributed by atoms with van der Waals surface area (Å²) in [5.74, 6) is 1.19. The van der Waals surface area contributed by atoms with Crippen molar-refractivity contribution < 1.29 is 4.74 Å². The van der Waals surface area contributed by atoms with Gasteiger partial charge in [-0.05, 0) is 39.1 Å². The number of methoxy groups -OCH3 is 1. The lowest BCUT2D eigenvalue weighted by Gasteiger charge is -2.18. The van der Waals surface area contributed by atoms with E-state index in [-0.39, 0.29) is 5.92 Å². The van der Waals surface area contributed by atoms with E-state index in [1.54, 1.807) is 7.11 Å². The van der Waals surface area contributed by atoms with Crippen molar-refractivity contribution in [1.82, 2.24) is 0 Å². The van der Waals surface area contributed by atoms with E-state index in [1.165, 1.54) is 38.6 Å². The lowest BCUT2D eigenvalue weighted by atomic mass is 9.88. The Hall–Kier alpha value is -3.06. The third-order valence-electron chi connectivity index (χ3n) is 5.23. The molecule has 0 aromatic heterocycles. The maximum atomic E-state index is 5.85. The van der Waals surface area contributed by atoms with Crippen LogP contribution in [0.15, 0.2) is 84.9 Å². The van der Waals surface area contributed by atoms with Crippen LogP contribution in [0.4, 0.5) is 0 Å². The average molecular weight is 322 g/mol. The summed E-state index contributed by atoms with van der Waals surface area (Å²) in [5, 5.41) is 2.52. The molecule has 25 heavy (non-hydrogen) atoms. The number of benzene rings is 4. The Balaban J connectivity index is 1.94. The zero-order chi connectivity index (χ0) is 16.8. The summed E-state index contributed by atoms with van der Waals surface area (Å²) in [5.41, 5.74) is 6.59. The summed E-state index contributed by atoms with van der Waals surface area (Å²) in [6.07, 6.45) is 0. The molecule has 0 saturated carbocycles. The quantitative estimate of drug-likeness (QED) is 0.387. The minimum absolute atomic E-state index is 0.215. The first kappa shape index (κ1) is 14.3. The van der Waals surface area contributed by atoms with Crippen LogP contribution in [0.1, 0.15) is 22.6 Å². The zero-order valence-electron chi connectivity index (χ0n) is 14.1. The molecule has 120 valence electrons. The second-order valence-electron chi connectivity index (χ2n) is 6.52. The summed E-state index contributed by atoms with van der Waals surface area (Å²) in [6.45, 7) is 0. The molecule has 1 aliphatic carbocycles. The molecule has 4 aromatic carbocycles. The highest BCUT2D eigenvalue weighted by atomic mass is 16.5. The molecule has 0 spiro atoms. The van der Waals surface area contributed by atoms with Gasteiger partial charge in [-0.25, -0.2) is 0 Å². The van der Waals surface area contributed by atoms with Crippen molar-refractivity contribution in [2.45, 2.75) is 5.92 Å². The smallest absolute Gasteiger partial charge is 0.124 e. The normalized spacial score (nSPS) is 15.0. The Bertz CT molecular complexity index is 1080. The predicted molar refractivity (Wildman–Crippen MR) is 103 cm³/mol. The van der Waals surface area contributed by atoms with Crippen molar-refractivity contribution in [2.24, 2.45) is 0 Å². The lowest BCUT2D eigenvalue weighted by molar-refractivity contribution is 0.410. The minimum atomic E-state index is 0.215. The standard InChI is InChI=1S/C24H18O/c1-25-21-15-17-11-5-6-12-18(17)23-20-14-8-7-13-19(20)22(24(21)23)16-9-3-2-4-10-16/h2-15,22H,1H3. The van der Waals surface area contributed by atoms with E-state index in [0.717, 1.165) is 5.75 Å². The van der Waals surface area contributed by atoms with Crippen LogP contribution in [-0.4, -0.2) is 7.11 Å². The molecule has 0 fully saturated rings. The molecule has 1 aliphatic rings. The van der Waals surface area contributed by atoms with Gasteiger partial charge in [0.25, 0.3) is 0 Å². The van der Waals surface area contributed by atoms with Crippen molar-refractivity contribution >= 4 is 10.8 Å². The van der Waals surface area contributed by atoms with E-state index in [4.69, 9.17) is 4.74 Å². The Kier molecular flexibility index (Phi) is 3.14. The van der Waals surface area contributed by atoms with Crippen molar-refractivity contribution in [1.29, 1.82) is 0 Å². The van der Waals surface area contributed by atoms with E-state index >= 15 is 0 Å². The van der Waals surface area contributed by atoms with Gasteiger partial charge in [0.15, 0.2) is 0 Å². The molecular weight excluding hydrogens is 304 g/mol. The van der Waals surface area contributed by atoms with Crippen LogP contribution in [-0.2, 0) is 0 Å². The first-order chi connectivity index (χ1) is 12.4. The van der Waals surface area contributed by atoms with Gasteiger partial charge in [-0.1, -0.05) is 78.9 Å². The molecule has 4 aromatic rings. The van der Waals surface area contributed by atoms with Crippen molar-refractivity contribution in [3.63, 3.8) is 0 Å². The highest BCUT2D eigenvalue weighted by molar-refractivity contribution is 6.03. The van der Waals surface area contributed by atoms with Gasteiger partial charge in [-0.3, -0.25) is 0 Å². The fraction of sp³-hybridized carbons (Fsp3) is 0.0833. The number of hydrogen-bond acceptors (Lipinski definition) is 1. The summed E-state index contributed by atoms with van der Waals surface area (Å²) < 4.78 is 5.85. The van der Waals surface area contributed by atoms with Crippen LogP contribution in [0.2, 0.25) is 0 Å². The average Bonchev–Trinajstić information content (AvgIpc) is 3.03. The van der Waals surface area contributed by atoms with Crippen LogP contribution in [0.3, 0.4) is 0 Å². The molecule has 1 atom stereocenters. The number of hydrogen-bond donors (Lipinski definition) is 0. The number of ether oxygens (including phenoxy) is 1. The van der Waals surface area contributed by atoms with Crippen molar-refractivity contribution in [3.05, 3.63) is 102 Å². The summed E-state index contributed by atoms with van der Waals surface area (Å²) in [7, 11) is 1.77. The Morgan fingerprint density at radius 2 is 1.48 bits per heavy atom. The van der Waals surface area contributed by atoms with Crippen molar-refractivity contribution in [2.75, 3.05) is 7.11 Å². The Morgan fingerprint density at radius 1 is 0.760 bits per heavy atom. The lowest BCUT2D eigenvalue weighted by Crippen LogP contribution is -2.01. The van der Waals surface area contributed by atoms with Gasteiger partial charge < -0.3 is 4.74 Å². The third-order valence-corrected chi connectivity index (χ3v) is 5.23. The number of rotatable bonds is 2. The van der Waals surface area contributed by atoms with Crippen LogP contribution in [0.25, 0.3) is 21.9 Å². The van der Waals surface area contributed by atoms with E-state index in [9.17, 15) is 0 Å². The van der Waals surface area contributed by atoms with Gasteiger partial charge in [0.1, 0.15) is 5.75 Å². The van der Waals surface area contributed by atoms with Gasteiger partial charge in [-0.15, -0.1) is 0 Å². The third kappa shape index (κ3) is 2.02. The molecular formula is C24H18O.